The molecule has 0 saturated heterocycles. The number of hydrogen-bond donors (Lipinski definition) is 2. The van der Waals surface area contributed by atoms with Crippen LogP contribution in [0.5, 0.6) is 0 Å². The highest BCUT2D eigenvalue weighted by atomic mass is 16.1. The van der Waals surface area contributed by atoms with Crippen LogP contribution in [0, 0.1) is 5.41 Å². The summed E-state index contributed by atoms with van der Waals surface area (Å²) in [6, 6.07) is 3.68. The van der Waals surface area contributed by atoms with Gasteiger partial charge in [0.05, 0.1) is 0 Å². The summed E-state index contributed by atoms with van der Waals surface area (Å²) in [7, 11) is 1.82. The number of nitrogens with zero attached hydrogens (tertiary/aromatic N) is 1. The van der Waals surface area contributed by atoms with E-state index in [4.69, 9.17) is 0 Å². The molecule has 0 atom stereocenters. The van der Waals surface area contributed by atoms with Crippen molar-refractivity contribution in [3.05, 3.63) is 23.4 Å². The predicted octanol–water partition coefficient (Wildman–Crippen LogP) is 2.61. The van der Waals surface area contributed by atoms with Crippen molar-refractivity contribution >= 4 is 11.7 Å². The van der Waals surface area contributed by atoms with E-state index in [1.165, 1.54) is 12.8 Å². The molecule has 0 bridgehead atoms. The van der Waals surface area contributed by atoms with Gasteiger partial charge in [0.2, 0.25) is 0 Å². The van der Waals surface area contributed by atoms with Gasteiger partial charge in [-0.2, -0.15) is 0 Å². The number of rotatable bonds is 6. The highest BCUT2D eigenvalue weighted by Crippen LogP contribution is 2.47. The van der Waals surface area contributed by atoms with Crippen LogP contribution in [-0.4, -0.2) is 24.5 Å². The molecular formula is C15H23N3O. The summed E-state index contributed by atoms with van der Waals surface area (Å²) in [4.78, 5) is 16.6. The zero-order valence-corrected chi connectivity index (χ0v) is 12.0. The van der Waals surface area contributed by atoms with Crippen molar-refractivity contribution in [3.8, 4) is 0 Å². The Kier molecular flexibility index (Phi) is 4.08. The fourth-order valence-electron chi connectivity index (χ4n) is 2.23. The molecule has 0 unspecified atom stereocenters. The standard InChI is InChI=1S/C15H23N3O/c1-4-12-8-11(9-13(16-3)18-12)14(19)17-10-15(5-2)6-7-15/h8-9H,4-7,10H2,1-3H3,(H,16,18)(H,17,19). The molecule has 0 radical (unpaired) electrons. The van der Waals surface area contributed by atoms with Gasteiger partial charge in [-0.05, 0) is 43.2 Å². The Hall–Kier alpha value is -1.58. The topological polar surface area (TPSA) is 54.0 Å². The van der Waals surface area contributed by atoms with Crippen LogP contribution in [0.3, 0.4) is 0 Å². The normalized spacial score (nSPS) is 15.9. The molecule has 0 spiro atoms. The maximum atomic E-state index is 12.2. The summed E-state index contributed by atoms with van der Waals surface area (Å²) >= 11 is 0. The average Bonchev–Trinajstić information content (AvgIpc) is 3.24. The molecule has 2 N–H and O–H groups in total. The second-order valence-corrected chi connectivity index (χ2v) is 5.37. The Balaban J connectivity index is 2.05. The minimum atomic E-state index is 0.00771. The Labute approximate surface area is 115 Å². The van der Waals surface area contributed by atoms with E-state index in [1.807, 2.05) is 20.0 Å². The Morgan fingerprint density at radius 1 is 1.37 bits per heavy atom. The largest absolute Gasteiger partial charge is 0.373 e. The Bertz CT molecular complexity index is 444. The van der Waals surface area contributed by atoms with Crippen molar-refractivity contribution in [1.29, 1.82) is 0 Å². The first-order chi connectivity index (χ1) is 9.12. The van der Waals surface area contributed by atoms with Gasteiger partial charge < -0.3 is 10.6 Å². The first-order valence-electron chi connectivity index (χ1n) is 7.09. The van der Waals surface area contributed by atoms with Crippen molar-refractivity contribution < 1.29 is 4.79 Å². The molecule has 4 heteroatoms. The van der Waals surface area contributed by atoms with Crippen molar-refractivity contribution in [3.63, 3.8) is 0 Å². The number of carbonyl (C=O) groups is 1. The monoisotopic (exact) mass is 261 g/mol. The van der Waals surface area contributed by atoms with E-state index in [-0.39, 0.29) is 5.91 Å². The molecule has 1 heterocycles. The average molecular weight is 261 g/mol. The van der Waals surface area contributed by atoms with Crippen LogP contribution in [0.4, 0.5) is 5.82 Å². The molecule has 4 nitrogen and oxygen atoms in total. The van der Waals surface area contributed by atoms with Gasteiger partial charge >= 0.3 is 0 Å². The molecule has 1 saturated carbocycles. The summed E-state index contributed by atoms with van der Waals surface area (Å²) in [5, 5.41) is 6.06. The number of carbonyl (C=O) groups excluding carboxylic acids is 1. The van der Waals surface area contributed by atoms with E-state index < -0.39 is 0 Å². The van der Waals surface area contributed by atoms with E-state index in [9.17, 15) is 4.79 Å². The van der Waals surface area contributed by atoms with Crippen molar-refractivity contribution in [2.24, 2.45) is 5.41 Å². The van der Waals surface area contributed by atoms with Crippen molar-refractivity contribution in [1.82, 2.24) is 10.3 Å². The molecule has 0 aromatic carbocycles. The van der Waals surface area contributed by atoms with Crippen LogP contribution >= 0.6 is 0 Å². The van der Waals surface area contributed by atoms with Crippen LogP contribution in [0.15, 0.2) is 12.1 Å². The molecule has 1 amide bonds. The van der Waals surface area contributed by atoms with E-state index in [0.717, 1.165) is 30.9 Å². The zero-order valence-electron chi connectivity index (χ0n) is 12.0. The third kappa shape index (κ3) is 3.25. The van der Waals surface area contributed by atoms with Gasteiger partial charge in [-0.3, -0.25) is 4.79 Å². The van der Waals surface area contributed by atoms with Crippen molar-refractivity contribution in [2.75, 3.05) is 18.9 Å². The molecule has 1 aliphatic carbocycles. The van der Waals surface area contributed by atoms with E-state index in [2.05, 4.69) is 22.5 Å². The first-order valence-corrected chi connectivity index (χ1v) is 7.09. The maximum absolute atomic E-state index is 12.2. The zero-order chi connectivity index (χ0) is 13.9. The second-order valence-electron chi connectivity index (χ2n) is 5.37. The Morgan fingerprint density at radius 2 is 2.11 bits per heavy atom. The highest BCUT2D eigenvalue weighted by molar-refractivity contribution is 5.95. The molecule has 1 aliphatic rings. The highest BCUT2D eigenvalue weighted by Gasteiger charge is 2.40. The molecule has 0 aliphatic heterocycles. The van der Waals surface area contributed by atoms with Crippen LogP contribution in [0.1, 0.15) is 49.2 Å². The number of aromatic nitrogens is 1. The molecule has 2 rings (SSSR count). The van der Waals surface area contributed by atoms with E-state index in [1.54, 1.807) is 6.07 Å². The fraction of sp³-hybridized carbons (Fsp3) is 0.600. The smallest absolute Gasteiger partial charge is 0.251 e. The second kappa shape index (κ2) is 5.59. The summed E-state index contributed by atoms with van der Waals surface area (Å²) in [6.45, 7) is 5.03. The number of aryl methyl sites for hydroxylation is 1. The molecule has 1 aromatic rings. The summed E-state index contributed by atoms with van der Waals surface area (Å²) < 4.78 is 0. The number of nitrogens with one attached hydrogen (secondary N) is 2. The lowest BCUT2D eigenvalue weighted by Crippen LogP contribution is -2.30. The number of anilines is 1. The summed E-state index contributed by atoms with van der Waals surface area (Å²) in [6.07, 6.45) is 4.45. The summed E-state index contributed by atoms with van der Waals surface area (Å²) in [5.41, 5.74) is 2.01. The summed E-state index contributed by atoms with van der Waals surface area (Å²) in [5.74, 6) is 0.759. The molecule has 104 valence electrons. The van der Waals surface area contributed by atoms with Gasteiger partial charge in [0.25, 0.3) is 5.91 Å². The lowest BCUT2D eigenvalue weighted by Gasteiger charge is -2.14. The number of hydrogen-bond acceptors (Lipinski definition) is 3. The van der Waals surface area contributed by atoms with E-state index >= 15 is 0 Å². The van der Waals surface area contributed by atoms with Crippen LogP contribution in [-0.2, 0) is 6.42 Å². The lowest BCUT2D eigenvalue weighted by atomic mass is 10.0. The first kappa shape index (κ1) is 13.8. The number of amides is 1. The van der Waals surface area contributed by atoms with Crippen molar-refractivity contribution in [2.45, 2.75) is 39.5 Å². The SMILES string of the molecule is CCc1cc(C(=O)NCC2(CC)CC2)cc(NC)n1. The lowest BCUT2D eigenvalue weighted by molar-refractivity contribution is 0.0944. The van der Waals surface area contributed by atoms with Gasteiger partial charge in [0.15, 0.2) is 0 Å². The molecular weight excluding hydrogens is 238 g/mol. The van der Waals surface area contributed by atoms with Gasteiger partial charge in [0, 0.05) is 24.8 Å². The molecule has 1 fully saturated rings. The molecule has 1 aromatic heterocycles. The van der Waals surface area contributed by atoms with Crippen LogP contribution in [0.2, 0.25) is 0 Å². The van der Waals surface area contributed by atoms with Crippen LogP contribution < -0.4 is 10.6 Å². The molecule has 19 heavy (non-hydrogen) atoms. The number of pyridine rings is 1. The minimum Gasteiger partial charge on any atom is -0.373 e. The van der Waals surface area contributed by atoms with Crippen LogP contribution in [0.25, 0.3) is 0 Å². The quantitative estimate of drug-likeness (QED) is 0.827. The predicted molar refractivity (Wildman–Crippen MR) is 77.5 cm³/mol. The van der Waals surface area contributed by atoms with Gasteiger partial charge in [0.1, 0.15) is 5.82 Å². The van der Waals surface area contributed by atoms with Gasteiger partial charge in [-0.1, -0.05) is 13.8 Å². The third-order valence-corrected chi connectivity index (χ3v) is 4.09. The Morgan fingerprint density at radius 3 is 2.63 bits per heavy atom. The van der Waals surface area contributed by atoms with Gasteiger partial charge in [-0.15, -0.1) is 0 Å². The third-order valence-electron chi connectivity index (χ3n) is 4.09. The van der Waals surface area contributed by atoms with E-state index in [0.29, 0.717) is 11.0 Å². The van der Waals surface area contributed by atoms with Gasteiger partial charge in [-0.25, -0.2) is 4.98 Å². The fourth-order valence-corrected chi connectivity index (χ4v) is 2.23. The minimum absolute atomic E-state index is 0.00771. The maximum Gasteiger partial charge on any atom is 0.251 e.